The predicted octanol–water partition coefficient (Wildman–Crippen LogP) is 1.34. The summed E-state index contributed by atoms with van der Waals surface area (Å²) in [5, 5.41) is 3.62. The van der Waals surface area contributed by atoms with E-state index in [-0.39, 0.29) is 0 Å². The lowest BCUT2D eigenvalue weighted by molar-refractivity contribution is 0.266. The third kappa shape index (κ3) is 2.44. The van der Waals surface area contributed by atoms with E-state index in [1.165, 1.54) is 11.1 Å². The van der Waals surface area contributed by atoms with Crippen LogP contribution in [0.3, 0.4) is 0 Å². The maximum Gasteiger partial charge on any atom is 0.0508 e. The number of nitrogens with one attached hydrogen (secondary N) is 3. The lowest BCUT2D eigenvalue weighted by Crippen LogP contribution is -2.46. The zero-order valence-corrected chi connectivity index (χ0v) is 11.7. The molecule has 108 valence electrons. The Balaban J connectivity index is 1.56. The molecule has 2 aliphatic rings. The molecule has 0 radical (unpaired) electrons. The predicted molar refractivity (Wildman–Crippen MR) is 80.1 cm³/mol. The molecule has 4 rings (SSSR count). The number of hydrogen-bond donors (Lipinski definition) is 3. The van der Waals surface area contributed by atoms with Crippen molar-refractivity contribution in [2.45, 2.75) is 24.5 Å². The Bertz CT molecular complexity index is 588. The first-order chi connectivity index (χ1) is 10.4. The summed E-state index contributed by atoms with van der Waals surface area (Å²) >= 11 is 0. The largest absolute Gasteiger partial charge is 0.308 e. The van der Waals surface area contributed by atoms with E-state index in [9.17, 15) is 0 Å². The van der Waals surface area contributed by atoms with E-state index in [0.717, 1.165) is 13.0 Å². The van der Waals surface area contributed by atoms with Crippen LogP contribution in [0, 0.1) is 5.92 Å². The average Bonchev–Trinajstić information content (AvgIpc) is 2.99. The van der Waals surface area contributed by atoms with Gasteiger partial charge in [0.15, 0.2) is 0 Å². The lowest BCUT2D eigenvalue weighted by Gasteiger charge is -2.34. The fraction of sp³-hybridized carbons (Fsp3) is 0.375. The number of fused-ring (bicyclic) bond motifs is 1. The summed E-state index contributed by atoms with van der Waals surface area (Å²) in [6.45, 7) is 0.971. The molecule has 5 heteroatoms. The first-order valence-electron chi connectivity index (χ1n) is 7.46. The van der Waals surface area contributed by atoms with Gasteiger partial charge in [0, 0.05) is 43.4 Å². The van der Waals surface area contributed by atoms with Crippen LogP contribution < -0.4 is 16.2 Å². The maximum atomic E-state index is 4.24. The van der Waals surface area contributed by atoms with Crippen molar-refractivity contribution in [1.82, 2.24) is 26.1 Å². The van der Waals surface area contributed by atoms with Gasteiger partial charge in [0.25, 0.3) is 0 Å². The van der Waals surface area contributed by atoms with E-state index in [1.54, 1.807) is 0 Å². The molecule has 4 atom stereocenters. The highest BCUT2D eigenvalue weighted by Crippen LogP contribution is 2.37. The van der Waals surface area contributed by atoms with Crippen molar-refractivity contribution in [3.8, 4) is 0 Å². The van der Waals surface area contributed by atoms with Crippen LogP contribution in [-0.4, -0.2) is 22.6 Å². The second-order valence-electron chi connectivity index (χ2n) is 5.80. The zero-order chi connectivity index (χ0) is 14.1. The van der Waals surface area contributed by atoms with Crippen molar-refractivity contribution in [3.63, 3.8) is 0 Å². The second kappa shape index (κ2) is 5.52. The number of pyridine rings is 2. The van der Waals surface area contributed by atoms with E-state index >= 15 is 0 Å². The van der Waals surface area contributed by atoms with Crippen molar-refractivity contribution < 1.29 is 0 Å². The summed E-state index contributed by atoms with van der Waals surface area (Å²) in [6, 6.07) is 9.56. The molecule has 0 saturated carbocycles. The monoisotopic (exact) mass is 281 g/mol. The Hall–Kier alpha value is -1.82. The Kier molecular flexibility index (Phi) is 3.39. The summed E-state index contributed by atoms with van der Waals surface area (Å²) in [5.74, 6) is 0.568. The highest BCUT2D eigenvalue weighted by Gasteiger charge is 2.41. The minimum absolute atomic E-state index is 0.347. The number of hydrazine groups is 1. The van der Waals surface area contributed by atoms with Crippen LogP contribution in [0.25, 0.3) is 0 Å². The fourth-order valence-electron chi connectivity index (χ4n) is 3.51. The van der Waals surface area contributed by atoms with Crippen molar-refractivity contribution in [1.29, 1.82) is 0 Å². The van der Waals surface area contributed by atoms with E-state index in [1.807, 2.05) is 30.9 Å². The third-order valence-electron chi connectivity index (χ3n) is 4.61. The van der Waals surface area contributed by atoms with Crippen LogP contribution in [-0.2, 0) is 0 Å². The topological polar surface area (TPSA) is 61.9 Å². The molecule has 0 aliphatic carbocycles. The molecule has 0 bridgehead atoms. The number of piperidine rings is 1. The Morgan fingerprint density at radius 2 is 1.86 bits per heavy atom. The van der Waals surface area contributed by atoms with Crippen LogP contribution >= 0.6 is 0 Å². The molecule has 4 unspecified atom stereocenters. The van der Waals surface area contributed by atoms with Gasteiger partial charge in [0.2, 0.25) is 0 Å². The highest BCUT2D eigenvalue weighted by atomic mass is 15.4. The quantitative estimate of drug-likeness (QED) is 0.775. The SMILES string of the molecule is c1cncc(C2CC3C(CN2)NNC3c2ccncc2)c1. The molecule has 2 aliphatic heterocycles. The van der Waals surface area contributed by atoms with E-state index in [2.05, 4.69) is 44.3 Å². The minimum Gasteiger partial charge on any atom is -0.308 e. The maximum absolute atomic E-state index is 4.24. The van der Waals surface area contributed by atoms with Gasteiger partial charge in [-0.2, -0.15) is 0 Å². The van der Waals surface area contributed by atoms with Crippen molar-refractivity contribution in [3.05, 3.63) is 60.2 Å². The summed E-state index contributed by atoms with van der Waals surface area (Å²) in [5.41, 5.74) is 9.46. The van der Waals surface area contributed by atoms with Crippen molar-refractivity contribution in [2.24, 2.45) is 5.92 Å². The zero-order valence-electron chi connectivity index (χ0n) is 11.7. The van der Waals surface area contributed by atoms with Gasteiger partial charge in [-0.25, -0.2) is 5.43 Å². The Morgan fingerprint density at radius 3 is 2.67 bits per heavy atom. The van der Waals surface area contributed by atoms with Gasteiger partial charge >= 0.3 is 0 Å². The summed E-state index contributed by atoms with van der Waals surface area (Å²) in [4.78, 5) is 8.36. The summed E-state index contributed by atoms with van der Waals surface area (Å²) in [7, 11) is 0. The summed E-state index contributed by atoms with van der Waals surface area (Å²) in [6.07, 6.45) is 8.63. The van der Waals surface area contributed by atoms with E-state index < -0.39 is 0 Å². The molecule has 5 nitrogen and oxygen atoms in total. The highest BCUT2D eigenvalue weighted by molar-refractivity contribution is 5.22. The Labute approximate surface area is 124 Å². The van der Waals surface area contributed by atoms with Crippen molar-refractivity contribution >= 4 is 0 Å². The van der Waals surface area contributed by atoms with Crippen LogP contribution in [0.15, 0.2) is 49.1 Å². The van der Waals surface area contributed by atoms with Gasteiger partial charge < -0.3 is 5.32 Å². The molecule has 0 aromatic carbocycles. The molecule has 2 aromatic rings. The standard InChI is InChI=1S/C16H19N5/c1-2-12(9-18-5-1)14-8-13-15(10-19-14)20-21-16(13)11-3-6-17-7-4-11/h1-7,9,13-16,19-21H,8,10H2. The molecular formula is C16H19N5. The van der Waals surface area contributed by atoms with E-state index in [0.29, 0.717) is 24.0 Å². The van der Waals surface area contributed by atoms with Gasteiger partial charge in [0.05, 0.1) is 6.04 Å². The van der Waals surface area contributed by atoms with Gasteiger partial charge in [0.1, 0.15) is 0 Å². The second-order valence-corrected chi connectivity index (χ2v) is 5.80. The molecule has 2 aromatic heterocycles. The van der Waals surface area contributed by atoms with Gasteiger partial charge in [-0.05, 0) is 41.7 Å². The molecule has 4 heterocycles. The molecule has 0 amide bonds. The molecule has 0 spiro atoms. The number of hydrogen-bond acceptors (Lipinski definition) is 5. The van der Waals surface area contributed by atoms with Crippen molar-refractivity contribution in [2.75, 3.05) is 6.54 Å². The van der Waals surface area contributed by atoms with Gasteiger partial charge in [-0.15, -0.1) is 0 Å². The summed E-state index contributed by atoms with van der Waals surface area (Å²) < 4.78 is 0. The minimum atomic E-state index is 0.347. The first kappa shape index (κ1) is 12.9. The van der Waals surface area contributed by atoms with Gasteiger partial charge in [-0.3, -0.25) is 15.4 Å². The molecule has 2 fully saturated rings. The van der Waals surface area contributed by atoms with E-state index in [4.69, 9.17) is 0 Å². The molecule has 21 heavy (non-hydrogen) atoms. The van der Waals surface area contributed by atoms with Crippen LogP contribution in [0.1, 0.15) is 29.6 Å². The number of aromatic nitrogens is 2. The smallest absolute Gasteiger partial charge is 0.0508 e. The number of rotatable bonds is 2. The Morgan fingerprint density at radius 1 is 0.952 bits per heavy atom. The first-order valence-corrected chi connectivity index (χ1v) is 7.46. The molecule has 3 N–H and O–H groups in total. The number of nitrogens with zero attached hydrogens (tertiary/aromatic N) is 2. The van der Waals surface area contributed by atoms with Crippen LogP contribution in [0.4, 0.5) is 0 Å². The molecule has 2 saturated heterocycles. The van der Waals surface area contributed by atoms with Crippen LogP contribution in [0.5, 0.6) is 0 Å². The normalized spacial score (nSPS) is 31.8. The lowest BCUT2D eigenvalue weighted by atomic mass is 9.80. The fourth-order valence-corrected chi connectivity index (χ4v) is 3.51. The third-order valence-corrected chi connectivity index (χ3v) is 4.61. The van der Waals surface area contributed by atoms with Crippen LogP contribution in [0.2, 0.25) is 0 Å². The average molecular weight is 281 g/mol. The van der Waals surface area contributed by atoms with Gasteiger partial charge in [-0.1, -0.05) is 6.07 Å². The molecular weight excluding hydrogens is 262 g/mol.